The fourth-order valence-electron chi connectivity index (χ4n) is 6.57. The number of fused-ring (bicyclic) bond motifs is 7. The molecule has 33 heavy (non-hydrogen) atoms. The minimum absolute atomic E-state index is 0.207. The van der Waals surface area contributed by atoms with Gasteiger partial charge in [-0.05, 0) is 42.7 Å². The van der Waals surface area contributed by atoms with Crippen LogP contribution in [0, 0.1) is 17.8 Å². The van der Waals surface area contributed by atoms with Gasteiger partial charge in [-0.3, -0.25) is 14.5 Å². The number of benzene rings is 2. The fraction of sp³-hybridized carbons (Fsp3) is 0.391. The van der Waals surface area contributed by atoms with Crippen molar-refractivity contribution in [3.8, 4) is 0 Å². The van der Waals surface area contributed by atoms with Gasteiger partial charge in [0.05, 0.1) is 28.2 Å². The van der Waals surface area contributed by atoms with E-state index in [0.29, 0.717) is 43.6 Å². The van der Waals surface area contributed by atoms with E-state index in [1.807, 2.05) is 0 Å². The van der Waals surface area contributed by atoms with Crippen LogP contribution in [0.25, 0.3) is 0 Å². The van der Waals surface area contributed by atoms with Crippen LogP contribution < -0.4 is 10.2 Å². The number of nitrogens with one attached hydrogen (secondary N) is 1. The van der Waals surface area contributed by atoms with Crippen LogP contribution in [0.3, 0.4) is 0 Å². The lowest BCUT2D eigenvalue weighted by Gasteiger charge is -2.41. The van der Waals surface area contributed by atoms with E-state index in [0.717, 1.165) is 6.42 Å². The van der Waals surface area contributed by atoms with E-state index < -0.39 is 29.5 Å². The maximum absolute atomic E-state index is 14.0. The number of halogens is 4. The quantitative estimate of drug-likeness (QED) is 0.524. The van der Waals surface area contributed by atoms with Gasteiger partial charge in [0.25, 0.3) is 0 Å². The second-order valence-electron chi connectivity index (χ2n) is 9.39. The summed E-state index contributed by atoms with van der Waals surface area (Å²) < 4.78 is 0. The number of hydrogen-bond acceptors (Lipinski definition) is 5. The number of carbonyl (C=O) groups is 2. The molecule has 0 aliphatic carbocycles. The molecule has 6 atom stereocenters. The zero-order chi connectivity index (χ0) is 23.4. The highest BCUT2D eigenvalue weighted by molar-refractivity contribution is 6.37. The number of anilines is 2. The van der Waals surface area contributed by atoms with Gasteiger partial charge < -0.3 is 10.4 Å². The third-order valence-corrected chi connectivity index (χ3v) is 8.51. The Labute approximate surface area is 210 Å². The first-order chi connectivity index (χ1) is 15.6. The van der Waals surface area contributed by atoms with Crippen molar-refractivity contribution >= 4 is 69.6 Å². The molecule has 3 saturated heterocycles. The number of aliphatic hydroxyl groups excluding tert-OH is 1. The second kappa shape index (κ2) is 7.23. The predicted molar refractivity (Wildman–Crippen MR) is 128 cm³/mol. The molecule has 2 amide bonds. The number of hydrogen-bond donors (Lipinski definition) is 2. The van der Waals surface area contributed by atoms with Crippen LogP contribution in [0.1, 0.15) is 18.9 Å². The van der Waals surface area contributed by atoms with Crippen LogP contribution in [0.4, 0.5) is 11.4 Å². The highest BCUT2D eigenvalue weighted by Gasteiger charge is 2.74. The minimum Gasteiger partial charge on any atom is -0.371 e. The summed E-state index contributed by atoms with van der Waals surface area (Å²) in [5.74, 6) is -1.86. The smallest absolute Gasteiger partial charge is 0.240 e. The van der Waals surface area contributed by atoms with Crippen molar-refractivity contribution in [2.24, 2.45) is 17.8 Å². The molecular weight excluding hydrogens is 508 g/mol. The minimum atomic E-state index is -1.17. The number of carbonyl (C=O) groups excluding carboxylic acids is 2. The maximum Gasteiger partial charge on any atom is 0.240 e. The Morgan fingerprint density at radius 1 is 1.00 bits per heavy atom. The molecule has 4 aliphatic heterocycles. The number of rotatable bonds is 1. The summed E-state index contributed by atoms with van der Waals surface area (Å²) in [6.07, 6.45) is -0.409. The lowest BCUT2D eigenvalue weighted by molar-refractivity contribution is -0.127. The lowest BCUT2D eigenvalue weighted by Crippen LogP contribution is -2.56. The van der Waals surface area contributed by atoms with Crippen LogP contribution >= 0.6 is 46.4 Å². The van der Waals surface area contributed by atoms with Crippen molar-refractivity contribution in [2.45, 2.75) is 31.2 Å². The zero-order valence-electron chi connectivity index (χ0n) is 17.4. The van der Waals surface area contributed by atoms with Crippen molar-refractivity contribution < 1.29 is 14.7 Å². The van der Waals surface area contributed by atoms with Crippen LogP contribution in [-0.4, -0.2) is 40.6 Å². The maximum atomic E-state index is 14.0. The molecule has 172 valence electrons. The monoisotopic (exact) mass is 525 g/mol. The highest BCUT2D eigenvalue weighted by atomic mass is 35.5. The third kappa shape index (κ3) is 2.77. The van der Waals surface area contributed by atoms with Crippen LogP contribution in [-0.2, 0) is 15.1 Å². The van der Waals surface area contributed by atoms with Crippen molar-refractivity contribution in [3.63, 3.8) is 0 Å². The van der Waals surface area contributed by atoms with E-state index in [1.54, 1.807) is 30.3 Å². The standard InChI is InChI=1S/C23H19Cl4N3O3/c1-9-2-16-17-18(21(32)30(20(17)31)13-4-10(24)3-11(25)5-13)23(29(16)8-9)14-6-12(26)7-15(27)19(14)28-22(23)33/h3-7,9,16-18,22,28,33H,2,8H2,1H3. The fourth-order valence-corrected chi connectivity index (χ4v) is 7.64. The molecule has 0 saturated carbocycles. The van der Waals surface area contributed by atoms with Gasteiger partial charge in [0, 0.05) is 33.2 Å². The highest BCUT2D eigenvalue weighted by Crippen LogP contribution is 2.63. The summed E-state index contributed by atoms with van der Waals surface area (Å²) >= 11 is 25.2. The molecule has 0 bridgehead atoms. The van der Waals surface area contributed by atoms with E-state index in [4.69, 9.17) is 46.4 Å². The molecule has 0 aromatic heterocycles. The molecule has 6 rings (SSSR count). The Morgan fingerprint density at radius 2 is 1.67 bits per heavy atom. The topological polar surface area (TPSA) is 72.9 Å². The molecule has 2 aromatic carbocycles. The molecule has 4 aliphatic rings. The predicted octanol–water partition coefficient (Wildman–Crippen LogP) is 4.77. The molecule has 6 nitrogen and oxygen atoms in total. The summed E-state index contributed by atoms with van der Waals surface area (Å²) in [7, 11) is 0. The van der Waals surface area contributed by atoms with Gasteiger partial charge in [0.2, 0.25) is 11.8 Å². The molecule has 2 aromatic rings. The van der Waals surface area contributed by atoms with Gasteiger partial charge >= 0.3 is 0 Å². The Bertz CT molecular complexity index is 1220. The lowest BCUT2D eigenvalue weighted by atomic mass is 9.74. The molecule has 0 radical (unpaired) electrons. The number of imide groups is 1. The van der Waals surface area contributed by atoms with Crippen LogP contribution in [0.15, 0.2) is 30.3 Å². The third-order valence-electron chi connectivity index (χ3n) is 7.56. The number of nitrogens with zero attached hydrogens (tertiary/aromatic N) is 2. The molecule has 3 fully saturated rings. The first-order valence-electron chi connectivity index (χ1n) is 10.7. The first-order valence-corrected chi connectivity index (χ1v) is 12.2. The van der Waals surface area contributed by atoms with Crippen molar-refractivity contribution in [1.82, 2.24) is 4.90 Å². The van der Waals surface area contributed by atoms with E-state index in [-0.39, 0.29) is 17.9 Å². The van der Waals surface area contributed by atoms with Gasteiger partial charge in [-0.2, -0.15) is 0 Å². The summed E-state index contributed by atoms with van der Waals surface area (Å²) in [4.78, 5) is 31.1. The summed E-state index contributed by atoms with van der Waals surface area (Å²) in [6, 6.07) is 7.78. The Hall–Kier alpha value is -1.54. The molecule has 2 N–H and O–H groups in total. The summed E-state index contributed by atoms with van der Waals surface area (Å²) in [5, 5.41) is 15.9. The molecule has 4 heterocycles. The molecular formula is C23H19Cl4N3O3. The molecule has 10 heteroatoms. The van der Waals surface area contributed by atoms with Gasteiger partial charge in [-0.1, -0.05) is 53.3 Å². The van der Waals surface area contributed by atoms with Crippen LogP contribution in [0.5, 0.6) is 0 Å². The molecule has 1 spiro atoms. The van der Waals surface area contributed by atoms with E-state index in [2.05, 4.69) is 17.1 Å². The van der Waals surface area contributed by atoms with Gasteiger partial charge in [0.1, 0.15) is 11.8 Å². The van der Waals surface area contributed by atoms with Gasteiger partial charge in [-0.15, -0.1) is 0 Å². The number of amides is 2. The van der Waals surface area contributed by atoms with Crippen molar-refractivity contribution in [3.05, 3.63) is 56.0 Å². The zero-order valence-corrected chi connectivity index (χ0v) is 20.4. The SMILES string of the molecule is CC1CC2C3C(=O)N(c4cc(Cl)cc(Cl)c4)C(=O)C3C3(c4cc(Cl)cc(Cl)c4NC3O)N2C1. The number of aliphatic hydroxyl groups is 1. The largest absolute Gasteiger partial charge is 0.371 e. The van der Waals surface area contributed by atoms with Gasteiger partial charge in [-0.25, -0.2) is 4.90 Å². The van der Waals surface area contributed by atoms with Crippen molar-refractivity contribution in [1.29, 1.82) is 0 Å². The average Bonchev–Trinajstić information content (AvgIpc) is 3.37. The van der Waals surface area contributed by atoms with E-state index in [1.165, 1.54) is 4.90 Å². The summed E-state index contributed by atoms with van der Waals surface area (Å²) in [6.45, 7) is 2.75. The average molecular weight is 527 g/mol. The normalized spacial score (nSPS) is 34.7. The van der Waals surface area contributed by atoms with Crippen LogP contribution in [0.2, 0.25) is 20.1 Å². The van der Waals surface area contributed by atoms with Gasteiger partial charge in [0.15, 0.2) is 0 Å². The van der Waals surface area contributed by atoms with E-state index >= 15 is 0 Å². The Kier molecular flexibility index (Phi) is 4.81. The molecule has 6 unspecified atom stereocenters. The Morgan fingerprint density at radius 3 is 2.36 bits per heavy atom. The second-order valence-corrected chi connectivity index (χ2v) is 11.1. The first kappa shape index (κ1) is 22.0. The van der Waals surface area contributed by atoms with Crippen molar-refractivity contribution in [2.75, 3.05) is 16.8 Å². The summed E-state index contributed by atoms with van der Waals surface area (Å²) in [5.41, 5.74) is 0.339. The van der Waals surface area contributed by atoms with E-state index in [9.17, 15) is 14.7 Å². The Balaban J connectivity index is 1.58.